The molecule has 0 aliphatic carbocycles. The first-order valence-electron chi connectivity index (χ1n) is 14.2. The molecular weight excluding hydrogens is 487 g/mol. The summed E-state index contributed by atoms with van der Waals surface area (Å²) in [6, 6.07) is 26.7. The lowest BCUT2D eigenvalue weighted by Gasteiger charge is -2.44. The molecule has 0 unspecified atom stereocenters. The molecular formula is C33H37FN4O. The number of nitriles is 1. The van der Waals surface area contributed by atoms with Crippen molar-refractivity contribution in [1.29, 1.82) is 5.26 Å². The molecule has 2 aliphatic rings. The predicted octanol–water partition coefficient (Wildman–Crippen LogP) is 6.51. The van der Waals surface area contributed by atoms with Crippen LogP contribution in [0, 0.1) is 29.0 Å². The van der Waals surface area contributed by atoms with E-state index in [1.165, 1.54) is 11.1 Å². The van der Waals surface area contributed by atoms with Crippen LogP contribution in [0.25, 0.3) is 0 Å². The summed E-state index contributed by atoms with van der Waals surface area (Å²) in [5.74, 6) is 0.845. The Hall–Kier alpha value is -3.69. The zero-order valence-electron chi connectivity index (χ0n) is 22.4. The van der Waals surface area contributed by atoms with Crippen LogP contribution in [0.1, 0.15) is 42.4 Å². The first-order valence-corrected chi connectivity index (χ1v) is 14.2. The maximum Gasteiger partial charge on any atom is 0.322 e. The van der Waals surface area contributed by atoms with E-state index in [1.54, 1.807) is 30.3 Å². The van der Waals surface area contributed by atoms with E-state index in [1.807, 2.05) is 29.2 Å². The maximum absolute atomic E-state index is 13.5. The molecule has 3 aromatic carbocycles. The molecule has 2 atom stereocenters. The number of piperidine rings is 2. The van der Waals surface area contributed by atoms with Gasteiger partial charge >= 0.3 is 6.03 Å². The van der Waals surface area contributed by atoms with Gasteiger partial charge in [0.15, 0.2) is 0 Å². The highest BCUT2D eigenvalue weighted by Crippen LogP contribution is 2.30. The highest BCUT2D eigenvalue weighted by molar-refractivity contribution is 5.89. The average Bonchev–Trinajstić information content (AvgIpc) is 2.97. The van der Waals surface area contributed by atoms with Crippen LogP contribution in [0.4, 0.5) is 14.9 Å². The summed E-state index contributed by atoms with van der Waals surface area (Å²) in [4.78, 5) is 18.2. The Morgan fingerprint density at radius 3 is 2.38 bits per heavy atom. The van der Waals surface area contributed by atoms with Gasteiger partial charge in [0, 0.05) is 24.8 Å². The molecule has 2 fully saturated rings. The number of urea groups is 1. The second-order valence-electron chi connectivity index (χ2n) is 11.1. The number of halogens is 1. The number of amides is 2. The van der Waals surface area contributed by atoms with Crippen LogP contribution in [-0.4, -0.2) is 48.1 Å². The minimum Gasteiger partial charge on any atom is -0.321 e. The molecule has 3 aromatic rings. The van der Waals surface area contributed by atoms with E-state index in [0.29, 0.717) is 23.1 Å². The second kappa shape index (κ2) is 12.9. The number of nitrogens with zero attached hydrogens (tertiary/aromatic N) is 3. The number of hydrogen-bond acceptors (Lipinski definition) is 3. The van der Waals surface area contributed by atoms with E-state index in [2.05, 4.69) is 40.6 Å². The van der Waals surface area contributed by atoms with Gasteiger partial charge in [-0.3, -0.25) is 0 Å². The fraction of sp³-hybridized carbons (Fsp3) is 0.394. The lowest BCUT2D eigenvalue weighted by molar-refractivity contribution is 0.0791. The first-order chi connectivity index (χ1) is 19.1. The summed E-state index contributed by atoms with van der Waals surface area (Å²) in [5, 5.41) is 12.3. The molecule has 2 amide bonds. The third-order valence-electron chi connectivity index (χ3n) is 8.35. The van der Waals surface area contributed by atoms with E-state index in [9.17, 15) is 14.4 Å². The average molecular weight is 525 g/mol. The van der Waals surface area contributed by atoms with Gasteiger partial charge in [-0.15, -0.1) is 0 Å². The number of nitrogens with one attached hydrogen (secondary N) is 1. The van der Waals surface area contributed by atoms with E-state index in [0.717, 1.165) is 64.7 Å². The lowest BCUT2D eigenvalue weighted by atomic mass is 9.83. The first kappa shape index (κ1) is 26.9. The zero-order valence-corrected chi connectivity index (χ0v) is 22.4. The van der Waals surface area contributed by atoms with E-state index >= 15 is 0 Å². The number of hydrogen-bond donors (Lipinski definition) is 1. The maximum atomic E-state index is 13.5. The monoisotopic (exact) mass is 524 g/mol. The van der Waals surface area contributed by atoms with Crippen molar-refractivity contribution in [3.8, 4) is 6.07 Å². The van der Waals surface area contributed by atoms with Crippen molar-refractivity contribution in [2.75, 3.05) is 31.5 Å². The van der Waals surface area contributed by atoms with E-state index < -0.39 is 0 Å². The number of carbonyl (C=O) groups is 1. The number of anilines is 1. The van der Waals surface area contributed by atoms with Crippen LogP contribution >= 0.6 is 0 Å². The SMILES string of the molecule is N#Cc1cccc(NC(=O)N2CCC[C@H](CN3CCC(Cc4ccc(F)cc4)CC3)[C@H]2Cc2ccccc2)c1. The van der Waals surface area contributed by atoms with Gasteiger partial charge in [0.25, 0.3) is 0 Å². The minimum absolute atomic E-state index is 0.0891. The number of carbonyl (C=O) groups excluding carboxylic acids is 1. The molecule has 1 N–H and O–H groups in total. The predicted molar refractivity (Wildman–Crippen MR) is 153 cm³/mol. The van der Waals surface area contributed by atoms with Crippen LogP contribution in [0.15, 0.2) is 78.9 Å². The van der Waals surface area contributed by atoms with Crippen molar-refractivity contribution in [1.82, 2.24) is 9.80 Å². The van der Waals surface area contributed by atoms with E-state index in [4.69, 9.17) is 0 Å². The van der Waals surface area contributed by atoms with Crippen molar-refractivity contribution in [3.63, 3.8) is 0 Å². The van der Waals surface area contributed by atoms with Crippen molar-refractivity contribution in [2.24, 2.45) is 11.8 Å². The van der Waals surface area contributed by atoms with Crippen LogP contribution in [0.5, 0.6) is 0 Å². The van der Waals surface area contributed by atoms with Gasteiger partial charge in [-0.05, 0) is 105 Å². The Balaban J connectivity index is 1.24. The molecule has 0 radical (unpaired) electrons. The summed E-state index contributed by atoms with van der Waals surface area (Å²) in [7, 11) is 0. The Kier molecular flexibility index (Phi) is 8.90. The van der Waals surface area contributed by atoms with Crippen molar-refractivity contribution in [3.05, 3.63) is 101 Å². The van der Waals surface area contributed by atoms with Gasteiger partial charge < -0.3 is 15.1 Å². The fourth-order valence-corrected chi connectivity index (χ4v) is 6.25. The Bertz CT molecular complexity index is 1260. The molecule has 2 heterocycles. The molecule has 202 valence electrons. The highest BCUT2D eigenvalue weighted by atomic mass is 19.1. The van der Waals surface area contributed by atoms with Crippen molar-refractivity contribution < 1.29 is 9.18 Å². The van der Waals surface area contributed by atoms with Gasteiger partial charge in [-0.2, -0.15) is 5.26 Å². The summed E-state index contributed by atoms with van der Waals surface area (Å²) in [5.41, 5.74) is 3.65. The van der Waals surface area contributed by atoms with Crippen molar-refractivity contribution in [2.45, 2.75) is 44.6 Å². The smallest absolute Gasteiger partial charge is 0.321 e. The number of benzene rings is 3. The van der Waals surface area contributed by atoms with Gasteiger partial charge in [-0.1, -0.05) is 48.5 Å². The molecule has 6 heteroatoms. The Morgan fingerprint density at radius 1 is 0.897 bits per heavy atom. The lowest BCUT2D eigenvalue weighted by Crippen LogP contribution is -2.54. The van der Waals surface area contributed by atoms with Crippen LogP contribution in [-0.2, 0) is 12.8 Å². The minimum atomic E-state index is -0.176. The molecule has 5 rings (SSSR count). The molecule has 2 aliphatic heterocycles. The van der Waals surface area contributed by atoms with Crippen LogP contribution < -0.4 is 5.32 Å². The third kappa shape index (κ3) is 7.25. The van der Waals surface area contributed by atoms with Gasteiger partial charge in [-0.25, -0.2) is 9.18 Å². The zero-order chi connectivity index (χ0) is 27.0. The molecule has 0 aromatic heterocycles. The Labute approximate surface area is 231 Å². The molecule has 0 bridgehead atoms. The normalized spacial score (nSPS) is 20.4. The molecule has 0 spiro atoms. The van der Waals surface area contributed by atoms with Crippen LogP contribution in [0.2, 0.25) is 0 Å². The van der Waals surface area contributed by atoms with E-state index in [-0.39, 0.29) is 17.9 Å². The van der Waals surface area contributed by atoms with Gasteiger partial charge in [0.2, 0.25) is 0 Å². The summed E-state index contributed by atoms with van der Waals surface area (Å²) >= 11 is 0. The largest absolute Gasteiger partial charge is 0.322 e. The summed E-state index contributed by atoms with van der Waals surface area (Å²) < 4.78 is 13.3. The quantitative estimate of drug-likeness (QED) is 0.383. The summed E-state index contributed by atoms with van der Waals surface area (Å²) in [6.07, 6.45) is 6.23. The molecule has 0 saturated carbocycles. The highest BCUT2D eigenvalue weighted by Gasteiger charge is 2.36. The van der Waals surface area contributed by atoms with Gasteiger partial charge in [0.05, 0.1) is 11.6 Å². The third-order valence-corrected chi connectivity index (χ3v) is 8.35. The molecule has 2 saturated heterocycles. The molecule has 5 nitrogen and oxygen atoms in total. The standard InChI is InChI=1S/C33H37FN4O/c34-30-13-11-26(12-14-30)20-27-15-18-37(19-16-27)24-29-9-5-17-38(32(29)22-25-6-2-1-3-7-25)33(39)36-31-10-4-8-28(21-31)23-35/h1-4,6-8,10-14,21,27,29,32H,5,9,15-20,22,24H2,(H,36,39)/t29-,32-/m1/s1. The Morgan fingerprint density at radius 2 is 1.64 bits per heavy atom. The second-order valence-corrected chi connectivity index (χ2v) is 11.1. The van der Waals surface area contributed by atoms with Gasteiger partial charge in [0.1, 0.15) is 5.82 Å². The number of rotatable bonds is 7. The molecule has 39 heavy (non-hydrogen) atoms. The number of likely N-dealkylation sites (tertiary alicyclic amines) is 2. The topological polar surface area (TPSA) is 59.4 Å². The summed E-state index contributed by atoms with van der Waals surface area (Å²) in [6.45, 7) is 3.85. The van der Waals surface area contributed by atoms with Crippen molar-refractivity contribution >= 4 is 11.7 Å². The van der Waals surface area contributed by atoms with Crippen LogP contribution in [0.3, 0.4) is 0 Å². The fourth-order valence-electron chi connectivity index (χ4n) is 6.25.